The Morgan fingerprint density at radius 3 is 2.78 bits per heavy atom. The number of hydrogen-bond acceptors (Lipinski definition) is 6. The molecule has 2 heterocycles. The van der Waals surface area contributed by atoms with E-state index in [1.165, 1.54) is 11.8 Å². The number of carbonyl (C=O) groups is 1. The number of benzene rings is 1. The first-order valence-corrected chi connectivity index (χ1v) is 9.61. The lowest BCUT2D eigenvalue weighted by Gasteiger charge is -2.14. The Balaban J connectivity index is 1.63. The fraction of sp³-hybridized carbons (Fsp3) is 0.333. The highest BCUT2D eigenvalue weighted by Crippen LogP contribution is 2.22. The molecule has 1 unspecified atom stereocenters. The molecule has 0 spiro atoms. The zero-order valence-corrected chi connectivity index (χ0v) is 16.3. The normalized spacial score (nSPS) is 12.0. The Hall–Kier alpha value is -2.81. The standard InChI is InChI=1S/C18H22N6O2S/c1-4-13(2)24-16(9-10-20-24)21-17(25)11-27-18-22-19-12-23(18)14-5-7-15(26-3)8-6-14/h5-10,12-13H,4,11H2,1-3H3,(H,21,25). The molecule has 0 saturated heterocycles. The van der Waals surface area contributed by atoms with E-state index in [0.717, 1.165) is 17.9 Å². The maximum atomic E-state index is 12.4. The zero-order valence-electron chi connectivity index (χ0n) is 15.5. The second-order valence-corrected chi connectivity index (χ2v) is 6.88. The summed E-state index contributed by atoms with van der Waals surface area (Å²) in [6.07, 6.45) is 4.25. The van der Waals surface area contributed by atoms with Crippen LogP contribution in [0.2, 0.25) is 0 Å². The van der Waals surface area contributed by atoms with Crippen molar-refractivity contribution in [1.29, 1.82) is 0 Å². The van der Waals surface area contributed by atoms with Gasteiger partial charge >= 0.3 is 0 Å². The Labute approximate surface area is 161 Å². The van der Waals surface area contributed by atoms with E-state index in [9.17, 15) is 4.79 Å². The number of aromatic nitrogens is 5. The molecule has 1 amide bonds. The lowest BCUT2D eigenvalue weighted by molar-refractivity contribution is -0.113. The molecule has 3 rings (SSSR count). The number of nitrogens with one attached hydrogen (secondary N) is 1. The minimum atomic E-state index is -0.116. The summed E-state index contributed by atoms with van der Waals surface area (Å²) in [7, 11) is 1.63. The van der Waals surface area contributed by atoms with Gasteiger partial charge in [-0.05, 0) is 37.6 Å². The van der Waals surface area contributed by atoms with E-state index >= 15 is 0 Å². The third kappa shape index (κ3) is 4.48. The van der Waals surface area contributed by atoms with Crippen LogP contribution in [0.5, 0.6) is 5.75 Å². The predicted molar refractivity (Wildman–Crippen MR) is 104 cm³/mol. The van der Waals surface area contributed by atoms with Crippen molar-refractivity contribution < 1.29 is 9.53 Å². The molecule has 0 fully saturated rings. The maximum absolute atomic E-state index is 12.4. The highest BCUT2D eigenvalue weighted by molar-refractivity contribution is 7.99. The van der Waals surface area contributed by atoms with Crippen LogP contribution in [0.15, 0.2) is 48.0 Å². The molecule has 142 valence electrons. The van der Waals surface area contributed by atoms with Crippen molar-refractivity contribution in [2.45, 2.75) is 31.5 Å². The monoisotopic (exact) mass is 386 g/mol. The Morgan fingerprint density at radius 2 is 2.07 bits per heavy atom. The number of hydrogen-bond donors (Lipinski definition) is 1. The van der Waals surface area contributed by atoms with E-state index in [4.69, 9.17) is 4.74 Å². The van der Waals surface area contributed by atoms with Crippen LogP contribution < -0.4 is 10.1 Å². The largest absolute Gasteiger partial charge is 0.497 e. The van der Waals surface area contributed by atoms with Crippen molar-refractivity contribution in [1.82, 2.24) is 24.5 Å². The molecule has 8 nitrogen and oxygen atoms in total. The van der Waals surface area contributed by atoms with Gasteiger partial charge in [0, 0.05) is 11.8 Å². The third-order valence-corrected chi connectivity index (χ3v) is 5.09. The van der Waals surface area contributed by atoms with Crippen LogP contribution >= 0.6 is 11.8 Å². The molecule has 0 saturated carbocycles. The fourth-order valence-corrected chi connectivity index (χ4v) is 3.22. The van der Waals surface area contributed by atoms with Gasteiger partial charge in [0.25, 0.3) is 0 Å². The van der Waals surface area contributed by atoms with E-state index in [-0.39, 0.29) is 17.7 Å². The van der Waals surface area contributed by atoms with Gasteiger partial charge in [-0.3, -0.25) is 9.36 Å². The van der Waals surface area contributed by atoms with Gasteiger partial charge in [-0.2, -0.15) is 5.10 Å². The number of amides is 1. The summed E-state index contributed by atoms with van der Waals surface area (Å²) in [4.78, 5) is 12.4. The van der Waals surface area contributed by atoms with Gasteiger partial charge in [0.2, 0.25) is 5.91 Å². The fourth-order valence-electron chi connectivity index (χ4n) is 2.49. The van der Waals surface area contributed by atoms with Gasteiger partial charge in [-0.1, -0.05) is 18.7 Å². The summed E-state index contributed by atoms with van der Waals surface area (Å²) >= 11 is 1.32. The number of thioether (sulfide) groups is 1. The van der Waals surface area contributed by atoms with Crippen molar-refractivity contribution in [2.75, 3.05) is 18.2 Å². The van der Waals surface area contributed by atoms with Crippen molar-refractivity contribution in [3.8, 4) is 11.4 Å². The van der Waals surface area contributed by atoms with E-state index in [0.29, 0.717) is 11.0 Å². The maximum Gasteiger partial charge on any atom is 0.235 e. The molecule has 0 radical (unpaired) electrons. The van der Waals surface area contributed by atoms with Crippen LogP contribution in [0.1, 0.15) is 26.3 Å². The highest BCUT2D eigenvalue weighted by Gasteiger charge is 2.14. The van der Waals surface area contributed by atoms with Crippen molar-refractivity contribution in [3.63, 3.8) is 0 Å². The minimum absolute atomic E-state index is 0.116. The summed E-state index contributed by atoms with van der Waals surface area (Å²) < 4.78 is 8.83. The molecule has 1 N–H and O–H groups in total. The third-order valence-electron chi connectivity index (χ3n) is 4.15. The molecule has 0 aliphatic heterocycles. The molecule has 0 bridgehead atoms. The van der Waals surface area contributed by atoms with E-state index in [1.54, 1.807) is 25.7 Å². The van der Waals surface area contributed by atoms with Crippen LogP contribution in [0.4, 0.5) is 5.82 Å². The second kappa shape index (κ2) is 8.72. The summed E-state index contributed by atoms with van der Waals surface area (Å²) in [5, 5.41) is 15.9. The number of methoxy groups -OCH3 is 1. The molecule has 9 heteroatoms. The number of carbonyl (C=O) groups excluding carboxylic acids is 1. The molecule has 2 aromatic heterocycles. The first-order chi connectivity index (χ1) is 13.1. The van der Waals surface area contributed by atoms with Gasteiger partial charge < -0.3 is 10.1 Å². The lowest BCUT2D eigenvalue weighted by Crippen LogP contribution is -2.19. The highest BCUT2D eigenvalue weighted by atomic mass is 32.2. The van der Waals surface area contributed by atoms with Gasteiger partial charge in [-0.15, -0.1) is 10.2 Å². The molecule has 0 aliphatic carbocycles. The average molecular weight is 386 g/mol. The Morgan fingerprint density at radius 1 is 1.30 bits per heavy atom. The predicted octanol–water partition coefficient (Wildman–Crippen LogP) is 3.17. The van der Waals surface area contributed by atoms with Crippen LogP contribution in [-0.4, -0.2) is 43.3 Å². The number of rotatable bonds is 8. The van der Waals surface area contributed by atoms with Gasteiger partial charge in [0.15, 0.2) is 5.16 Å². The Kier molecular flexibility index (Phi) is 6.12. The Bertz CT molecular complexity index is 889. The lowest BCUT2D eigenvalue weighted by atomic mass is 10.3. The SMILES string of the molecule is CCC(C)n1nccc1NC(=O)CSc1nncn1-c1ccc(OC)cc1. The number of anilines is 1. The van der Waals surface area contributed by atoms with Crippen molar-refractivity contribution in [2.24, 2.45) is 0 Å². The van der Waals surface area contributed by atoms with Crippen LogP contribution in [-0.2, 0) is 4.79 Å². The van der Waals surface area contributed by atoms with Gasteiger partial charge in [0.1, 0.15) is 17.9 Å². The minimum Gasteiger partial charge on any atom is -0.497 e. The molecule has 1 aromatic carbocycles. The zero-order chi connectivity index (χ0) is 19.2. The average Bonchev–Trinajstić information content (AvgIpc) is 3.35. The molecule has 27 heavy (non-hydrogen) atoms. The molecular weight excluding hydrogens is 364 g/mol. The van der Waals surface area contributed by atoms with Gasteiger partial charge in [-0.25, -0.2) is 4.68 Å². The van der Waals surface area contributed by atoms with Crippen molar-refractivity contribution in [3.05, 3.63) is 42.9 Å². The van der Waals surface area contributed by atoms with E-state index < -0.39 is 0 Å². The summed E-state index contributed by atoms with van der Waals surface area (Å²) in [5.41, 5.74) is 0.901. The topological polar surface area (TPSA) is 86.9 Å². The molecule has 0 aliphatic rings. The quantitative estimate of drug-likeness (QED) is 0.599. The molecular formula is C18H22N6O2S. The first-order valence-electron chi connectivity index (χ1n) is 8.63. The van der Waals surface area contributed by atoms with Gasteiger partial charge in [0.05, 0.1) is 25.1 Å². The first kappa shape index (κ1) is 19.0. The summed E-state index contributed by atoms with van der Waals surface area (Å²) in [5.74, 6) is 1.58. The van der Waals surface area contributed by atoms with Crippen LogP contribution in [0.25, 0.3) is 5.69 Å². The van der Waals surface area contributed by atoms with E-state index in [1.807, 2.05) is 33.5 Å². The van der Waals surface area contributed by atoms with E-state index in [2.05, 4.69) is 34.5 Å². The molecule has 3 aromatic rings. The van der Waals surface area contributed by atoms with Crippen molar-refractivity contribution >= 4 is 23.5 Å². The van der Waals surface area contributed by atoms with Crippen LogP contribution in [0.3, 0.4) is 0 Å². The van der Waals surface area contributed by atoms with Crippen LogP contribution in [0, 0.1) is 0 Å². The molecule has 1 atom stereocenters. The summed E-state index contributed by atoms with van der Waals surface area (Å²) in [6, 6.07) is 9.59. The number of ether oxygens (including phenoxy) is 1. The second-order valence-electron chi connectivity index (χ2n) is 5.94. The number of nitrogens with zero attached hydrogens (tertiary/aromatic N) is 5. The summed E-state index contributed by atoms with van der Waals surface area (Å²) in [6.45, 7) is 4.15. The smallest absolute Gasteiger partial charge is 0.235 e.